The van der Waals surface area contributed by atoms with Crippen molar-refractivity contribution >= 4 is 26.7 Å². The maximum atomic E-state index is 9.49. The van der Waals surface area contributed by atoms with Crippen molar-refractivity contribution in [2.45, 2.75) is 0 Å². The first kappa shape index (κ1) is 7.90. The Morgan fingerprint density at radius 2 is 2.31 bits per heavy atom. The molecule has 2 aromatic rings. The Bertz CT molecular complexity index is 510. The van der Waals surface area contributed by atoms with E-state index < -0.39 is 0 Å². The summed E-state index contributed by atoms with van der Waals surface area (Å²) in [4.78, 5) is 3.97. The van der Waals surface area contributed by atoms with Gasteiger partial charge in [0.2, 0.25) is 0 Å². The largest absolute Gasteiger partial charge is 0.506 e. The van der Waals surface area contributed by atoms with Crippen LogP contribution in [0.2, 0.25) is 0 Å². The van der Waals surface area contributed by atoms with E-state index in [1.165, 1.54) is 17.4 Å². The number of nitrogens with two attached hydrogens (primary N) is 1. The highest BCUT2D eigenvalue weighted by atomic mass is 32.1. The lowest BCUT2D eigenvalue weighted by atomic mass is 10.2. The quantitative estimate of drug-likeness (QED) is 0.620. The Morgan fingerprint density at radius 3 is 3.00 bits per heavy atom. The number of terminal acetylenes is 1. The van der Waals surface area contributed by atoms with Gasteiger partial charge < -0.3 is 10.8 Å². The fourth-order valence-electron chi connectivity index (χ4n) is 1.11. The molecule has 0 aliphatic carbocycles. The molecule has 0 aliphatic heterocycles. The summed E-state index contributed by atoms with van der Waals surface area (Å²) < 4.78 is 0.811. The van der Waals surface area contributed by atoms with E-state index in [2.05, 4.69) is 10.9 Å². The molecule has 0 radical (unpaired) electrons. The van der Waals surface area contributed by atoms with Gasteiger partial charge in [-0.2, -0.15) is 0 Å². The first-order chi connectivity index (χ1) is 6.20. The summed E-state index contributed by atoms with van der Waals surface area (Å²) in [6.07, 6.45) is 5.21. The number of phenols is 1. The highest BCUT2D eigenvalue weighted by Gasteiger charge is 2.06. The number of aromatic nitrogens is 1. The fourth-order valence-corrected chi connectivity index (χ4v) is 1.91. The topological polar surface area (TPSA) is 59.1 Å². The molecule has 0 spiro atoms. The molecule has 0 fully saturated rings. The van der Waals surface area contributed by atoms with Gasteiger partial charge in [0.05, 0.1) is 4.70 Å². The average molecular weight is 190 g/mol. The molecular weight excluding hydrogens is 184 g/mol. The third-order valence-electron chi connectivity index (χ3n) is 1.66. The summed E-state index contributed by atoms with van der Waals surface area (Å²) in [6, 6.07) is 3.28. The molecule has 0 unspecified atom stereocenters. The van der Waals surface area contributed by atoms with Crippen LogP contribution in [0.15, 0.2) is 12.1 Å². The molecule has 64 valence electrons. The Balaban J connectivity index is 2.85. The van der Waals surface area contributed by atoms with Crippen molar-refractivity contribution in [2.24, 2.45) is 0 Å². The van der Waals surface area contributed by atoms with Crippen LogP contribution in [-0.4, -0.2) is 10.1 Å². The van der Waals surface area contributed by atoms with E-state index in [0.717, 1.165) is 4.70 Å². The summed E-state index contributed by atoms with van der Waals surface area (Å²) in [6.45, 7) is 0. The number of hydrogen-bond acceptors (Lipinski definition) is 4. The second-order valence-electron chi connectivity index (χ2n) is 2.54. The van der Waals surface area contributed by atoms with Crippen LogP contribution in [-0.2, 0) is 0 Å². The van der Waals surface area contributed by atoms with E-state index in [9.17, 15) is 5.11 Å². The van der Waals surface area contributed by atoms with Gasteiger partial charge in [-0.25, -0.2) is 4.98 Å². The number of hydrogen-bond donors (Lipinski definition) is 2. The van der Waals surface area contributed by atoms with Crippen molar-refractivity contribution in [3.05, 3.63) is 17.7 Å². The number of anilines is 1. The molecule has 1 aromatic carbocycles. The van der Waals surface area contributed by atoms with Crippen LogP contribution in [0.3, 0.4) is 0 Å². The lowest BCUT2D eigenvalue weighted by molar-refractivity contribution is 0.480. The smallest absolute Gasteiger partial charge is 0.181 e. The van der Waals surface area contributed by atoms with E-state index in [1.54, 1.807) is 6.07 Å². The molecule has 0 amide bonds. The highest BCUT2D eigenvalue weighted by molar-refractivity contribution is 7.22. The van der Waals surface area contributed by atoms with Gasteiger partial charge in [0.15, 0.2) is 5.13 Å². The van der Waals surface area contributed by atoms with Crippen LogP contribution in [0, 0.1) is 12.3 Å². The van der Waals surface area contributed by atoms with Gasteiger partial charge in [-0.3, -0.25) is 0 Å². The summed E-state index contributed by atoms with van der Waals surface area (Å²) >= 11 is 1.31. The average Bonchev–Trinajstić information content (AvgIpc) is 2.46. The number of benzene rings is 1. The van der Waals surface area contributed by atoms with Gasteiger partial charge in [-0.05, 0) is 12.1 Å². The lowest BCUT2D eigenvalue weighted by Gasteiger charge is -1.94. The summed E-state index contributed by atoms with van der Waals surface area (Å²) in [7, 11) is 0. The summed E-state index contributed by atoms with van der Waals surface area (Å²) in [5.74, 6) is 2.53. The van der Waals surface area contributed by atoms with Gasteiger partial charge in [0, 0.05) is 5.56 Å². The van der Waals surface area contributed by atoms with Crippen LogP contribution < -0.4 is 5.73 Å². The molecule has 13 heavy (non-hydrogen) atoms. The molecule has 0 atom stereocenters. The third-order valence-corrected chi connectivity index (χ3v) is 2.49. The number of nitrogen functional groups attached to an aromatic ring is 1. The molecule has 0 saturated carbocycles. The number of fused-ring (bicyclic) bond motifs is 1. The zero-order chi connectivity index (χ0) is 9.42. The predicted molar refractivity (Wildman–Crippen MR) is 53.6 cm³/mol. The molecule has 0 bridgehead atoms. The Kier molecular flexibility index (Phi) is 1.61. The van der Waals surface area contributed by atoms with Crippen LogP contribution in [0.5, 0.6) is 5.75 Å². The molecule has 3 N–H and O–H groups in total. The minimum atomic E-state index is 0.0819. The molecule has 4 heteroatoms. The van der Waals surface area contributed by atoms with Crippen molar-refractivity contribution in [1.82, 2.24) is 4.98 Å². The van der Waals surface area contributed by atoms with Crippen LogP contribution >= 0.6 is 11.3 Å². The van der Waals surface area contributed by atoms with Crippen molar-refractivity contribution in [2.75, 3.05) is 5.73 Å². The minimum Gasteiger partial charge on any atom is -0.506 e. The van der Waals surface area contributed by atoms with Crippen LogP contribution in [0.1, 0.15) is 5.56 Å². The second-order valence-corrected chi connectivity index (χ2v) is 3.60. The van der Waals surface area contributed by atoms with Gasteiger partial charge in [0.1, 0.15) is 11.3 Å². The first-order valence-corrected chi connectivity index (χ1v) is 4.38. The van der Waals surface area contributed by atoms with Crippen LogP contribution in [0.4, 0.5) is 5.13 Å². The van der Waals surface area contributed by atoms with E-state index in [4.69, 9.17) is 12.2 Å². The van der Waals surface area contributed by atoms with Crippen LogP contribution in [0.25, 0.3) is 10.2 Å². The molecule has 1 aromatic heterocycles. The zero-order valence-corrected chi connectivity index (χ0v) is 7.43. The third kappa shape index (κ3) is 1.19. The second kappa shape index (κ2) is 2.64. The number of rotatable bonds is 0. The van der Waals surface area contributed by atoms with Gasteiger partial charge in [0.25, 0.3) is 0 Å². The van der Waals surface area contributed by atoms with Crippen molar-refractivity contribution < 1.29 is 5.11 Å². The molecule has 0 aliphatic rings. The summed E-state index contributed by atoms with van der Waals surface area (Å²) in [5, 5.41) is 9.92. The standard InChI is InChI=1S/C9H6N2OS/c1-2-5-3-6(12)8-7(4-5)13-9(10)11-8/h1,3-4,12H,(H2,10,11). The zero-order valence-electron chi connectivity index (χ0n) is 6.61. The number of nitrogens with zero attached hydrogens (tertiary/aromatic N) is 1. The number of aromatic hydroxyl groups is 1. The van der Waals surface area contributed by atoms with E-state index >= 15 is 0 Å². The predicted octanol–water partition coefficient (Wildman–Crippen LogP) is 1.57. The normalized spacial score (nSPS) is 10.1. The van der Waals surface area contributed by atoms with Gasteiger partial charge >= 0.3 is 0 Å². The lowest BCUT2D eigenvalue weighted by Crippen LogP contribution is -1.80. The Hall–Kier alpha value is -1.73. The van der Waals surface area contributed by atoms with Crippen molar-refractivity contribution in [3.8, 4) is 18.1 Å². The van der Waals surface area contributed by atoms with Crippen molar-refractivity contribution in [1.29, 1.82) is 0 Å². The van der Waals surface area contributed by atoms with E-state index in [-0.39, 0.29) is 5.75 Å². The monoisotopic (exact) mass is 190 g/mol. The maximum Gasteiger partial charge on any atom is 0.181 e. The summed E-state index contributed by atoms with van der Waals surface area (Å²) in [5.41, 5.74) is 6.64. The fraction of sp³-hybridized carbons (Fsp3) is 0. The van der Waals surface area contributed by atoms with Gasteiger partial charge in [-0.15, -0.1) is 6.42 Å². The SMILES string of the molecule is C#Cc1cc(O)c2nc(N)sc2c1. The van der Waals surface area contributed by atoms with Gasteiger partial charge in [-0.1, -0.05) is 17.3 Å². The Labute approximate surface area is 78.8 Å². The van der Waals surface area contributed by atoms with Crippen molar-refractivity contribution in [3.63, 3.8) is 0 Å². The minimum absolute atomic E-state index is 0.0819. The number of phenolic OH excluding ortho intramolecular Hbond substituents is 1. The highest BCUT2D eigenvalue weighted by Crippen LogP contribution is 2.31. The maximum absolute atomic E-state index is 9.49. The van der Waals surface area contributed by atoms with E-state index in [0.29, 0.717) is 16.2 Å². The molecule has 3 nitrogen and oxygen atoms in total. The van der Waals surface area contributed by atoms with E-state index in [1.807, 2.05) is 0 Å². The molecule has 0 saturated heterocycles. The Morgan fingerprint density at radius 1 is 1.54 bits per heavy atom. The molecule has 2 rings (SSSR count). The number of thiazole rings is 1. The first-order valence-electron chi connectivity index (χ1n) is 3.56. The molecular formula is C9H6N2OS. The molecule has 1 heterocycles.